The zero-order valence-electron chi connectivity index (χ0n) is 13.0. The Balaban J connectivity index is 1.48. The first-order valence-electron chi connectivity index (χ1n) is 8.48. The molecule has 0 amide bonds. The number of nitrogens with one attached hydrogen (secondary N) is 1. The van der Waals surface area contributed by atoms with E-state index < -0.39 is 0 Å². The molecule has 0 bridgehead atoms. The molecule has 1 saturated heterocycles. The lowest BCUT2D eigenvalue weighted by Gasteiger charge is -2.27. The molecule has 2 fully saturated rings. The van der Waals surface area contributed by atoms with Gasteiger partial charge in [-0.25, -0.2) is 0 Å². The zero-order valence-corrected chi connectivity index (χ0v) is 13.0. The molecule has 2 heterocycles. The number of hydrogen-bond donors (Lipinski definition) is 1. The third kappa shape index (κ3) is 4.04. The molecule has 0 radical (unpaired) electrons. The number of ether oxygens (including phenoxy) is 1. The van der Waals surface area contributed by atoms with Crippen LogP contribution in [0.15, 0.2) is 4.52 Å². The fourth-order valence-corrected chi connectivity index (χ4v) is 3.41. The minimum Gasteiger partial charge on any atom is -0.381 e. The van der Waals surface area contributed by atoms with Crippen LogP contribution >= 0.6 is 0 Å². The SMILES string of the molecule is CCCNC1CCC(c2nc(CC3CCOC3)no2)CC1. The summed E-state index contributed by atoms with van der Waals surface area (Å²) in [7, 11) is 0. The van der Waals surface area contributed by atoms with E-state index in [1.54, 1.807) is 0 Å². The summed E-state index contributed by atoms with van der Waals surface area (Å²) in [6, 6.07) is 0.680. The molecule has 1 atom stereocenters. The highest BCUT2D eigenvalue weighted by Crippen LogP contribution is 2.32. The number of aromatic nitrogens is 2. The molecular formula is C16H27N3O2. The lowest BCUT2D eigenvalue weighted by Crippen LogP contribution is -2.33. The highest BCUT2D eigenvalue weighted by atomic mass is 16.5. The molecule has 1 aromatic rings. The Morgan fingerprint density at radius 3 is 2.76 bits per heavy atom. The molecule has 1 unspecified atom stereocenters. The normalized spacial score (nSPS) is 29.9. The monoisotopic (exact) mass is 293 g/mol. The van der Waals surface area contributed by atoms with Crippen LogP contribution in [0, 0.1) is 5.92 Å². The standard InChI is InChI=1S/C16H27N3O2/c1-2-8-17-14-5-3-13(4-6-14)16-18-15(19-21-16)10-12-7-9-20-11-12/h12-14,17H,2-11H2,1H3. The minimum absolute atomic E-state index is 0.464. The van der Waals surface area contributed by atoms with Crippen LogP contribution in [-0.4, -0.2) is 35.9 Å². The second-order valence-corrected chi connectivity index (χ2v) is 6.49. The first kappa shape index (κ1) is 15.0. The van der Waals surface area contributed by atoms with Crippen molar-refractivity contribution in [3.8, 4) is 0 Å². The molecule has 21 heavy (non-hydrogen) atoms. The first-order chi connectivity index (χ1) is 10.3. The molecule has 118 valence electrons. The Hall–Kier alpha value is -0.940. The number of nitrogens with zero attached hydrogens (tertiary/aromatic N) is 2. The van der Waals surface area contributed by atoms with Gasteiger partial charge in [0.05, 0.1) is 0 Å². The second kappa shape index (κ2) is 7.36. The molecule has 1 saturated carbocycles. The van der Waals surface area contributed by atoms with E-state index in [1.807, 2.05) is 0 Å². The van der Waals surface area contributed by atoms with Crippen LogP contribution in [0.3, 0.4) is 0 Å². The summed E-state index contributed by atoms with van der Waals surface area (Å²) in [5.41, 5.74) is 0. The Kier molecular flexibility index (Phi) is 5.25. The van der Waals surface area contributed by atoms with Crippen molar-refractivity contribution in [2.45, 2.75) is 63.8 Å². The van der Waals surface area contributed by atoms with E-state index in [0.717, 1.165) is 57.2 Å². The van der Waals surface area contributed by atoms with Crippen LogP contribution < -0.4 is 5.32 Å². The third-order valence-electron chi connectivity index (χ3n) is 4.74. The molecule has 1 N–H and O–H groups in total. The summed E-state index contributed by atoms with van der Waals surface area (Å²) in [5, 5.41) is 7.78. The van der Waals surface area contributed by atoms with Crippen LogP contribution in [0.25, 0.3) is 0 Å². The third-order valence-corrected chi connectivity index (χ3v) is 4.74. The summed E-state index contributed by atoms with van der Waals surface area (Å²) < 4.78 is 10.9. The van der Waals surface area contributed by atoms with Gasteiger partial charge in [-0.3, -0.25) is 0 Å². The predicted octanol–water partition coefficient (Wildman–Crippen LogP) is 2.67. The molecule has 1 aliphatic heterocycles. The van der Waals surface area contributed by atoms with Crippen molar-refractivity contribution in [1.82, 2.24) is 15.5 Å². The maximum Gasteiger partial charge on any atom is 0.229 e. The van der Waals surface area contributed by atoms with Gasteiger partial charge in [0, 0.05) is 31.6 Å². The van der Waals surface area contributed by atoms with E-state index >= 15 is 0 Å². The summed E-state index contributed by atoms with van der Waals surface area (Å²) in [6.07, 6.45) is 8.00. The van der Waals surface area contributed by atoms with Crippen molar-refractivity contribution in [2.75, 3.05) is 19.8 Å². The van der Waals surface area contributed by atoms with Gasteiger partial charge in [-0.15, -0.1) is 0 Å². The van der Waals surface area contributed by atoms with E-state index in [0.29, 0.717) is 17.9 Å². The van der Waals surface area contributed by atoms with Crippen LogP contribution in [0.5, 0.6) is 0 Å². The van der Waals surface area contributed by atoms with Crippen LogP contribution in [0.1, 0.15) is 63.1 Å². The maximum absolute atomic E-state index is 5.51. The molecule has 5 nitrogen and oxygen atoms in total. The van der Waals surface area contributed by atoms with E-state index in [9.17, 15) is 0 Å². The van der Waals surface area contributed by atoms with Gasteiger partial charge >= 0.3 is 0 Å². The molecule has 0 aromatic carbocycles. The quantitative estimate of drug-likeness (QED) is 0.874. The summed E-state index contributed by atoms with van der Waals surface area (Å²) in [4.78, 5) is 4.63. The van der Waals surface area contributed by atoms with E-state index in [2.05, 4.69) is 22.4 Å². The van der Waals surface area contributed by atoms with Gasteiger partial charge in [0.15, 0.2) is 5.82 Å². The lowest BCUT2D eigenvalue weighted by atomic mass is 9.86. The average molecular weight is 293 g/mol. The first-order valence-corrected chi connectivity index (χ1v) is 8.48. The Labute approximate surface area is 126 Å². The van der Waals surface area contributed by atoms with Gasteiger partial charge in [-0.2, -0.15) is 4.98 Å². The van der Waals surface area contributed by atoms with Crippen LogP contribution in [0.4, 0.5) is 0 Å². The van der Waals surface area contributed by atoms with Gasteiger partial charge in [0.1, 0.15) is 0 Å². The van der Waals surface area contributed by atoms with Gasteiger partial charge in [-0.1, -0.05) is 12.1 Å². The zero-order chi connectivity index (χ0) is 14.5. The maximum atomic E-state index is 5.51. The van der Waals surface area contributed by atoms with Crippen molar-refractivity contribution >= 4 is 0 Å². The molecule has 1 aliphatic carbocycles. The highest BCUT2D eigenvalue weighted by molar-refractivity contribution is 4.98. The van der Waals surface area contributed by atoms with E-state index in [-0.39, 0.29) is 0 Å². The largest absolute Gasteiger partial charge is 0.381 e. The fraction of sp³-hybridized carbons (Fsp3) is 0.875. The summed E-state index contributed by atoms with van der Waals surface area (Å²) >= 11 is 0. The van der Waals surface area contributed by atoms with E-state index in [4.69, 9.17) is 9.26 Å². The molecule has 3 rings (SSSR count). The van der Waals surface area contributed by atoms with Gasteiger partial charge < -0.3 is 14.6 Å². The Morgan fingerprint density at radius 1 is 1.19 bits per heavy atom. The summed E-state index contributed by atoms with van der Waals surface area (Å²) in [6.45, 7) is 5.07. The Bertz CT molecular complexity index is 421. The van der Waals surface area contributed by atoms with Crippen molar-refractivity contribution < 1.29 is 9.26 Å². The van der Waals surface area contributed by atoms with E-state index in [1.165, 1.54) is 19.3 Å². The topological polar surface area (TPSA) is 60.2 Å². The lowest BCUT2D eigenvalue weighted by molar-refractivity contribution is 0.185. The Morgan fingerprint density at radius 2 is 2.05 bits per heavy atom. The molecule has 1 aromatic heterocycles. The van der Waals surface area contributed by atoms with Gasteiger partial charge in [0.25, 0.3) is 0 Å². The highest BCUT2D eigenvalue weighted by Gasteiger charge is 2.27. The van der Waals surface area contributed by atoms with Gasteiger partial charge in [-0.05, 0) is 51.0 Å². The number of hydrogen-bond acceptors (Lipinski definition) is 5. The minimum atomic E-state index is 0.464. The van der Waals surface area contributed by atoms with Crippen molar-refractivity contribution in [3.05, 3.63) is 11.7 Å². The smallest absolute Gasteiger partial charge is 0.229 e. The molecule has 2 aliphatic rings. The van der Waals surface area contributed by atoms with Gasteiger partial charge in [0.2, 0.25) is 5.89 Å². The summed E-state index contributed by atoms with van der Waals surface area (Å²) in [5.74, 6) is 2.76. The predicted molar refractivity (Wildman–Crippen MR) is 80.2 cm³/mol. The van der Waals surface area contributed by atoms with Crippen molar-refractivity contribution in [2.24, 2.45) is 5.92 Å². The molecule has 5 heteroatoms. The average Bonchev–Trinajstić information content (AvgIpc) is 3.18. The van der Waals surface area contributed by atoms with Crippen molar-refractivity contribution in [1.29, 1.82) is 0 Å². The van der Waals surface area contributed by atoms with Crippen LogP contribution in [-0.2, 0) is 11.2 Å². The fourth-order valence-electron chi connectivity index (χ4n) is 3.41. The second-order valence-electron chi connectivity index (χ2n) is 6.49. The molecular weight excluding hydrogens is 266 g/mol. The van der Waals surface area contributed by atoms with Crippen LogP contribution in [0.2, 0.25) is 0 Å². The number of rotatable bonds is 6. The van der Waals surface area contributed by atoms with Crippen molar-refractivity contribution in [3.63, 3.8) is 0 Å². The molecule has 0 spiro atoms.